The summed E-state index contributed by atoms with van der Waals surface area (Å²) in [4.78, 5) is 0. The van der Waals surface area contributed by atoms with Crippen molar-refractivity contribution >= 4 is 23.2 Å². The van der Waals surface area contributed by atoms with Gasteiger partial charge in [0.1, 0.15) is 6.10 Å². The quantitative estimate of drug-likeness (QED) is 0.636. The summed E-state index contributed by atoms with van der Waals surface area (Å²) in [6.45, 7) is 2.03. The number of epoxide rings is 1. The number of halogens is 2. The van der Waals surface area contributed by atoms with E-state index in [9.17, 15) is 0 Å². The van der Waals surface area contributed by atoms with Gasteiger partial charge in [0.05, 0.1) is 16.1 Å². The van der Waals surface area contributed by atoms with Crippen molar-refractivity contribution in [3.63, 3.8) is 0 Å². The van der Waals surface area contributed by atoms with Crippen molar-refractivity contribution in [2.24, 2.45) is 0 Å². The van der Waals surface area contributed by atoms with Crippen molar-refractivity contribution in [1.82, 2.24) is 0 Å². The zero-order valence-electron chi connectivity index (χ0n) is 6.55. The summed E-state index contributed by atoms with van der Waals surface area (Å²) in [6.07, 6.45) is 0.544. The molecule has 2 atom stereocenters. The third-order valence-electron chi connectivity index (χ3n) is 1.98. The second kappa shape index (κ2) is 2.91. The number of benzene rings is 1. The van der Waals surface area contributed by atoms with Gasteiger partial charge in [-0.15, -0.1) is 0 Å². The lowest BCUT2D eigenvalue weighted by molar-refractivity contribution is 0.383. The molecule has 0 aromatic heterocycles. The molecule has 0 bridgehead atoms. The van der Waals surface area contributed by atoms with E-state index in [0.717, 1.165) is 5.56 Å². The molecule has 1 aromatic carbocycles. The summed E-state index contributed by atoms with van der Waals surface area (Å²) in [5.74, 6) is 0. The van der Waals surface area contributed by atoms with Crippen molar-refractivity contribution in [3.05, 3.63) is 33.8 Å². The molecule has 1 saturated heterocycles. The van der Waals surface area contributed by atoms with Crippen molar-refractivity contribution in [2.75, 3.05) is 0 Å². The van der Waals surface area contributed by atoms with E-state index in [1.807, 2.05) is 19.1 Å². The molecular formula is C9H8Cl2O. The van der Waals surface area contributed by atoms with E-state index in [2.05, 4.69) is 0 Å². The predicted molar refractivity (Wildman–Crippen MR) is 49.8 cm³/mol. The van der Waals surface area contributed by atoms with Crippen LogP contribution in [-0.4, -0.2) is 6.10 Å². The molecule has 2 unspecified atom stereocenters. The maximum atomic E-state index is 5.85. The molecule has 1 aromatic rings. The van der Waals surface area contributed by atoms with E-state index in [4.69, 9.17) is 27.9 Å². The topological polar surface area (TPSA) is 12.5 Å². The van der Waals surface area contributed by atoms with E-state index < -0.39 is 0 Å². The van der Waals surface area contributed by atoms with Gasteiger partial charge in [-0.3, -0.25) is 0 Å². The highest BCUT2D eigenvalue weighted by molar-refractivity contribution is 6.42. The first-order valence-electron chi connectivity index (χ1n) is 3.79. The first-order chi connectivity index (χ1) is 5.68. The smallest absolute Gasteiger partial charge is 0.109 e. The van der Waals surface area contributed by atoms with Crippen molar-refractivity contribution in [3.8, 4) is 0 Å². The van der Waals surface area contributed by atoms with Crippen molar-refractivity contribution < 1.29 is 4.74 Å². The zero-order chi connectivity index (χ0) is 8.72. The van der Waals surface area contributed by atoms with Gasteiger partial charge in [0.2, 0.25) is 0 Å². The Hall–Kier alpha value is -0.240. The van der Waals surface area contributed by atoms with Crippen LogP contribution in [0.1, 0.15) is 18.6 Å². The van der Waals surface area contributed by atoms with Gasteiger partial charge in [0.25, 0.3) is 0 Å². The van der Waals surface area contributed by atoms with Crippen LogP contribution >= 0.6 is 23.2 Å². The van der Waals surface area contributed by atoms with Crippen molar-refractivity contribution in [1.29, 1.82) is 0 Å². The fraction of sp³-hybridized carbons (Fsp3) is 0.333. The van der Waals surface area contributed by atoms with E-state index >= 15 is 0 Å². The highest BCUT2D eigenvalue weighted by Crippen LogP contribution is 2.39. The number of rotatable bonds is 1. The van der Waals surface area contributed by atoms with E-state index in [-0.39, 0.29) is 6.10 Å². The van der Waals surface area contributed by atoms with Gasteiger partial charge in [-0.2, -0.15) is 0 Å². The predicted octanol–water partition coefficient (Wildman–Crippen LogP) is 3.45. The van der Waals surface area contributed by atoms with Crippen LogP contribution < -0.4 is 0 Å². The molecule has 3 heteroatoms. The lowest BCUT2D eigenvalue weighted by atomic mass is 10.1. The van der Waals surface area contributed by atoms with Crippen LogP contribution in [0.3, 0.4) is 0 Å². The Balaban J connectivity index is 2.29. The molecule has 1 aliphatic heterocycles. The minimum atomic E-state index is 0.222. The molecule has 0 saturated carbocycles. The Morgan fingerprint density at radius 1 is 1.25 bits per heavy atom. The molecule has 0 spiro atoms. The van der Waals surface area contributed by atoms with E-state index in [1.165, 1.54) is 0 Å². The first kappa shape index (κ1) is 8.36. The van der Waals surface area contributed by atoms with E-state index in [0.29, 0.717) is 16.1 Å². The van der Waals surface area contributed by atoms with Crippen LogP contribution in [0.25, 0.3) is 0 Å². The number of hydrogen-bond donors (Lipinski definition) is 0. The fourth-order valence-electron chi connectivity index (χ4n) is 1.22. The monoisotopic (exact) mass is 202 g/mol. The first-order valence-corrected chi connectivity index (χ1v) is 4.54. The Labute approximate surface area is 81.2 Å². The summed E-state index contributed by atoms with van der Waals surface area (Å²) in [5, 5.41) is 1.19. The Bertz CT molecular complexity index is 311. The molecule has 0 aliphatic carbocycles. The summed E-state index contributed by atoms with van der Waals surface area (Å²) in [7, 11) is 0. The van der Waals surface area contributed by atoms with Gasteiger partial charge in [-0.1, -0.05) is 29.3 Å². The van der Waals surface area contributed by atoms with Gasteiger partial charge >= 0.3 is 0 Å². The van der Waals surface area contributed by atoms with Gasteiger partial charge in [0, 0.05) is 0 Å². The summed E-state index contributed by atoms with van der Waals surface area (Å²) in [5.41, 5.74) is 1.11. The molecule has 1 fully saturated rings. The van der Waals surface area contributed by atoms with Crippen LogP contribution in [0.2, 0.25) is 10.0 Å². The van der Waals surface area contributed by atoms with Crippen LogP contribution in [0, 0.1) is 0 Å². The molecule has 64 valence electrons. The average Bonchev–Trinajstić information content (AvgIpc) is 2.73. The molecule has 0 amide bonds. The standard InChI is InChI=1S/C9H8Cl2O/c1-5-9(12-5)6-2-3-7(10)8(11)4-6/h2-5,9H,1H3. The lowest BCUT2D eigenvalue weighted by Crippen LogP contribution is -1.83. The molecule has 0 radical (unpaired) electrons. The Morgan fingerprint density at radius 3 is 2.42 bits per heavy atom. The summed E-state index contributed by atoms with van der Waals surface area (Å²) < 4.78 is 5.30. The molecule has 0 N–H and O–H groups in total. The molecular weight excluding hydrogens is 195 g/mol. The third kappa shape index (κ3) is 1.45. The van der Waals surface area contributed by atoms with Crippen LogP contribution in [0.15, 0.2) is 18.2 Å². The molecule has 1 aliphatic rings. The largest absolute Gasteiger partial charge is 0.365 e. The molecule has 2 rings (SSSR count). The lowest BCUT2D eigenvalue weighted by Gasteiger charge is -1.98. The maximum Gasteiger partial charge on any atom is 0.109 e. The minimum absolute atomic E-state index is 0.222. The molecule has 1 heterocycles. The normalized spacial score (nSPS) is 27.2. The fourth-order valence-corrected chi connectivity index (χ4v) is 1.53. The highest BCUT2D eigenvalue weighted by Gasteiger charge is 2.35. The molecule has 1 nitrogen and oxygen atoms in total. The highest BCUT2D eigenvalue weighted by atomic mass is 35.5. The van der Waals surface area contributed by atoms with Gasteiger partial charge in [0.15, 0.2) is 0 Å². The summed E-state index contributed by atoms with van der Waals surface area (Å²) >= 11 is 11.6. The minimum Gasteiger partial charge on any atom is -0.365 e. The van der Waals surface area contributed by atoms with Gasteiger partial charge in [-0.25, -0.2) is 0 Å². The van der Waals surface area contributed by atoms with Crippen molar-refractivity contribution in [2.45, 2.75) is 19.1 Å². The van der Waals surface area contributed by atoms with Gasteiger partial charge in [-0.05, 0) is 24.6 Å². The zero-order valence-corrected chi connectivity index (χ0v) is 8.06. The maximum absolute atomic E-state index is 5.85. The number of hydrogen-bond acceptors (Lipinski definition) is 1. The van der Waals surface area contributed by atoms with Crippen LogP contribution in [0.5, 0.6) is 0 Å². The van der Waals surface area contributed by atoms with E-state index in [1.54, 1.807) is 6.07 Å². The SMILES string of the molecule is CC1OC1c1ccc(Cl)c(Cl)c1. The third-order valence-corrected chi connectivity index (χ3v) is 2.72. The Kier molecular flexibility index (Phi) is 2.03. The second-order valence-corrected chi connectivity index (χ2v) is 3.75. The van der Waals surface area contributed by atoms with Crippen LogP contribution in [-0.2, 0) is 4.74 Å². The van der Waals surface area contributed by atoms with Gasteiger partial charge < -0.3 is 4.74 Å². The second-order valence-electron chi connectivity index (χ2n) is 2.94. The number of ether oxygens (including phenoxy) is 1. The van der Waals surface area contributed by atoms with Crippen LogP contribution in [0.4, 0.5) is 0 Å². The average molecular weight is 203 g/mol. The Morgan fingerprint density at radius 2 is 1.92 bits per heavy atom. The molecule has 12 heavy (non-hydrogen) atoms. The summed E-state index contributed by atoms with van der Waals surface area (Å²) in [6, 6.07) is 5.61.